The van der Waals surface area contributed by atoms with Gasteiger partial charge in [0.05, 0.1) is 12.7 Å². The molecule has 4 nitrogen and oxygen atoms in total. The summed E-state index contributed by atoms with van der Waals surface area (Å²) in [4.78, 5) is 8.15. The van der Waals surface area contributed by atoms with E-state index in [2.05, 4.69) is 15.3 Å². The highest BCUT2D eigenvalue weighted by atomic mass is 32.1. The molecular formula is C13H11N3OS. The first-order chi connectivity index (χ1) is 8.92. The molecule has 0 atom stereocenters. The Morgan fingerprint density at radius 1 is 1.33 bits per heavy atom. The fourth-order valence-electron chi connectivity index (χ4n) is 1.66. The van der Waals surface area contributed by atoms with E-state index in [1.54, 1.807) is 17.5 Å². The number of thiazole rings is 1. The fraction of sp³-hybridized carbons (Fsp3) is 0.0769. The lowest BCUT2D eigenvalue weighted by atomic mass is 10.1. The molecule has 2 aromatic heterocycles. The minimum atomic E-state index is 0.734. The summed E-state index contributed by atoms with van der Waals surface area (Å²) in [5.41, 5.74) is 2.05. The highest BCUT2D eigenvalue weighted by Gasteiger charge is 2.02. The standard InChI is InChI=1S/C13H11N3OS/c1-2-10(12-7-14-9-17-12)6-11(3-1)16-8-13-15-4-5-18-13/h1-7,9,16H,8H2. The summed E-state index contributed by atoms with van der Waals surface area (Å²) in [5.74, 6) is 0.771. The van der Waals surface area contributed by atoms with Gasteiger partial charge in [0.1, 0.15) is 5.01 Å². The molecule has 2 heterocycles. The largest absolute Gasteiger partial charge is 0.444 e. The summed E-state index contributed by atoms with van der Waals surface area (Å²) in [7, 11) is 0. The van der Waals surface area contributed by atoms with Crippen LogP contribution in [0.4, 0.5) is 5.69 Å². The van der Waals surface area contributed by atoms with Crippen LogP contribution in [0, 0.1) is 0 Å². The van der Waals surface area contributed by atoms with Crippen molar-refractivity contribution in [2.24, 2.45) is 0 Å². The molecule has 0 radical (unpaired) electrons. The molecule has 0 unspecified atom stereocenters. The fourth-order valence-corrected chi connectivity index (χ4v) is 2.21. The van der Waals surface area contributed by atoms with Crippen molar-refractivity contribution in [3.05, 3.63) is 53.4 Å². The maximum Gasteiger partial charge on any atom is 0.181 e. The molecule has 0 spiro atoms. The highest BCUT2D eigenvalue weighted by Crippen LogP contribution is 2.22. The summed E-state index contributed by atoms with van der Waals surface area (Å²) < 4.78 is 5.28. The molecule has 18 heavy (non-hydrogen) atoms. The Morgan fingerprint density at radius 2 is 2.33 bits per heavy atom. The smallest absolute Gasteiger partial charge is 0.181 e. The van der Waals surface area contributed by atoms with Gasteiger partial charge in [0.25, 0.3) is 0 Å². The number of oxazole rings is 1. The summed E-state index contributed by atoms with van der Waals surface area (Å²) in [6, 6.07) is 8.04. The van der Waals surface area contributed by atoms with Crippen LogP contribution in [0.3, 0.4) is 0 Å². The third kappa shape index (κ3) is 2.41. The van der Waals surface area contributed by atoms with Crippen LogP contribution < -0.4 is 5.32 Å². The first kappa shape index (κ1) is 11.0. The molecule has 0 aliphatic carbocycles. The van der Waals surface area contributed by atoms with Gasteiger partial charge in [-0.2, -0.15) is 0 Å². The van der Waals surface area contributed by atoms with Gasteiger partial charge in [0.15, 0.2) is 12.2 Å². The predicted octanol–water partition coefficient (Wildman–Crippen LogP) is 3.41. The average molecular weight is 257 g/mol. The van der Waals surface area contributed by atoms with Crippen LogP contribution in [0.5, 0.6) is 0 Å². The molecule has 0 amide bonds. The Kier molecular flexibility index (Phi) is 3.06. The number of hydrogen-bond donors (Lipinski definition) is 1. The Balaban J connectivity index is 1.75. The SMILES string of the molecule is c1cc(NCc2nccs2)cc(-c2cnco2)c1. The topological polar surface area (TPSA) is 51.0 Å². The van der Waals surface area contributed by atoms with Crippen LogP contribution >= 0.6 is 11.3 Å². The van der Waals surface area contributed by atoms with Crippen molar-refractivity contribution >= 4 is 17.0 Å². The molecule has 3 aromatic rings. The zero-order valence-corrected chi connectivity index (χ0v) is 10.4. The Hall–Kier alpha value is -2.14. The number of benzene rings is 1. The van der Waals surface area contributed by atoms with E-state index in [0.29, 0.717) is 0 Å². The number of anilines is 1. The summed E-state index contributed by atoms with van der Waals surface area (Å²) >= 11 is 1.64. The molecule has 0 aliphatic rings. The van der Waals surface area contributed by atoms with E-state index in [4.69, 9.17) is 4.42 Å². The normalized spacial score (nSPS) is 10.4. The van der Waals surface area contributed by atoms with Crippen LogP contribution in [0.25, 0.3) is 11.3 Å². The van der Waals surface area contributed by atoms with E-state index in [1.807, 2.05) is 35.8 Å². The van der Waals surface area contributed by atoms with Crippen molar-refractivity contribution in [3.63, 3.8) is 0 Å². The lowest BCUT2D eigenvalue weighted by Crippen LogP contribution is -1.98. The number of rotatable bonds is 4. The zero-order valence-electron chi connectivity index (χ0n) is 9.54. The van der Waals surface area contributed by atoms with Gasteiger partial charge in [-0.25, -0.2) is 9.97 Å². The summed E-state index contributed by atoms with van der Waals surface area (Å²) in [6.45, 7) is 0.734. The van der Waals surface area contributed by atoms with Gasteiger partial charge < -0.3 is 9.73 Å². The van der Waals surface area contributed by atoms with Gasteiger partial charge >= 0.3 is 0 Å². The summed E-state index contributed by atoms with van der Waals surface area (Å²) in [6.07, 6.45) is 4.96. The van der Waals surface area contributed by atoms with E-state index in [1.165, 1.54) is 6.39 Å². The van der Waals surface area contributed by atoms with E-state index in [-0.39, 0.29) is 0 Å². The highest BCUT2D eigenvalue weighted by molar-refractivity contribution is 7.09. The first-order valence-corrected chi connectivity index (χ1v) is 6.41. The average Bonchev–Trinajstić information content (AvgIpc) is 3.10. The number of aromatic nitrogens is 2. The van der Waals surface area contributed by atoms with Crippen LogP contribution in [0.15, 0.2) is 52.9 Å². The molecule has 1 N–H and O–H groups in total. The zero-order chi connectivity index (χ0) is 12.2. The molecular weight excluding hydrogens is 246 g/mol. The van der Waals surface area contributed by atoms with E-state index < -0.39 is 0 Å². The molecule has 0 fully saturated rings. The van der Waals surface area contributed by atoms with Crippen molar-refractivity contribution in [1.82, 2.24) is 9.97 Å². The lowest BCUT2D eigenvalue weighted by molar-refractivity contribution is 0.572. The van der Waals surface area contributed by atoms with Gasteiger partial charge in [-0.1, -0.05) is 12.1 Å². The van der Waals surface area contributed by atoms with Crippen molar-refractivity contribution in [3.8, 4) is 11.3 Å². The number of hydrogen-bond acceptors (Lipinski definition) is 5. The minimum Gasteiger partial charge on any atom is -0.444 e. The van der Waals surface area contributed by atoms with Gasteiger partial charge in [-0.05, 0) is 12.1 Å². The van der Waals surface area contributed by atoms with Crippen molar-refractivity contribution < 1.29 is 4.42 Å². The third-order valence-electron chi connectivity index (χ3n) is 2.51. The van der Waals surface area contributed by atoms with E-state index in [0.717, 1.165) is 28.6 Å². The third-order valence-corrected chi connectivity index (χ3v) is 3.29. The van der Waals surface area contributed by atoms with Crippen molar-refractivity contribution in [2.75, 3.05) is 5.32 Å². The molecule has 0 saturated carbocycles. The Morgan fingerprint density at radius 3 is 3.11 bits per heavy atom. The van der Waals surface area contributed by atoms with Crippen LogP contribution in [0.1, 0.15) is 5.01 Å². The van der Waals surface area contributed by atoms with Gasteiger partial charge in [0, 0.05) is 22.8 Å². The number of nitrogens with one attached hydrogen (secondary N) is 1. The van der Waals surface area contributed by atoms with E-state index >= 15 is 0 Å². The van der Waals surface area contributed by atoms with Crippen molar-refractivity contribution in [1.29, 1.82) is 0 Å². The quantitative estimate of drug-likeness (QED) is 0.778. The molecule has 1 aromatic carbocycles. The van der Waals surface area contributed by atoms with Gasteiger partial charge in [-0.3, -0.25) is 0 Å². The van der Waals surface area contributed by atoms with Crippen LogP contribution in [-0.2, 0) is 6.54 Å². The first-order valence-electron chi connectivity index (χ1n) is 5.53. The maximum atomic E-state index is 5.28. The Labute approximate surface area is 108 Å². The van der Waals surface area contributed by atoms with Gasteiger partial charge in [0.2, 0.25) is 0 Å². The Bertz CT molecular complexity index is 605. The van der Waals surface area contributed by atoms with Crippen LogP contribution in [-0.4, -0.2) is 9.97 Å². The molecule has 0 saturated heterocycles. The van der Waals surface area contributed by atoms with Gasteiger partial charge in [-0.15, -0.1) is 11.3 Å². The van der Waals surface area contributed by atoms with Crippen LogP contribution in [0.2, 0.25) is 0 Å². The minimum absolute atomic E-state index is 0.734. The second-order valence-electron chi connectivity index (χ2n) is 3.73. The van der Waals surface area contributed by atoms with Crippen molar-refractivity contribution in [2.45, 2.75) is 6.54 Å². The predicted molar refractivity (Wildman–Crippen MR) is 71.4 cm³/mol. The number of nitrogens with zero attached hydrogens (tertiary/aromatic N) is 2. The molecule has 3 rings (SSSR count). The lowest BCUT2D eigenvalue weighted by Gasteiger charge is -2.05. The second-order valence-corrected chi connectivity index (χ2v) is 4.70. The molecule has 0 aliphatic heterocycles. The monoisotopic (exact) mass is 257 g/mol. The van der Waals surface area contributed by atoms with E-state index in [9.17, 15) is 0 Å². The molecule has 5 heteroatoms. The summed E-state index contributed by atoms with van der Waals surface area (Å²) in [5, 5.41) is 6.38. The maximum absolute atomic E-state index is 5.28. The second kappa shape index (κ2) is 5.01. The molecule has 90 valence electrons. The molecule has 0 bridgehead atoms.